The van der Waals surface area contributed by atoms with Gasteiger partial charge in [-0.1, -0.05) is 13.8 Å². The summed E-state index contributed by atoms with van der Waals surface area (Å²) in [4.78, 5) is 4.51. The van der Waals surface area contributed by atoms with Crippen molar-refractivity contribution in [3.8, 4) is 0 Å². The summed E-state index contributed by atoms with van der Waals surface area (Å²) >= 11 is 0. The van der Waals surface area contributed by atoms with E-state index in [0.717, 1.165) is 30.5 Å². The number of nitrogens with zero attached hydrogens (tertiary/aromatic N) is 2. The fourth-order valence-electron chi connectivity index (χ4n) is 2.03. The molecule has 0 aromatic carbocycles. The molecule has 1 atom stereocenters. The highest BCUT2D eigenvalue weighted by Crippen LogP contribution is 2.15. The van der Waals surface area contributed by atoms with Gasteiger partial charge in [0.05, 0.1) is 0 Å². The maximum absolute atomic E-state index is 4.51. The minimum atomic E-state index is 0.416. The van der Waals surface area contributed by atoms with Gasteiger partial charge in [-0.15, -0.1) is 0 Å². The van der Waals surface area contributed by atoms with Gasteiger partial charge in [0.15, 0.2) is 5.82 Å². The van der Waals surface area contributed by atoms with Gasteiger partial charge in [0, 0.05) is 12.3 Å². The summed E-state index contributed by atoms with van der Waals surface area (Å²) in [7, 11) is 0. The van der Waals surface area contributed by atoms with Crippen LogP contribution in [-0.4, -0.2) is 28.3 Å². The fourth-order valence-corrected chi connectivity index (χ4v) is 2.03. The molecule has 15 heavy (non-hydrogen) atoms. The van der Waals surface area contributed by atoms with Crippen LogP contribution in [0.25, 0.3) is 0 Å². The van der Waals surface area contributed by atoms with E-state index in [1.807, 2.05) is 0 Å². The lowest BCUT2D eigenvalue weighted by atomic mass is 9.96. The van der Waals surface area contributed by atoms with Crippen molar-refractivity contribution in [3.05, 3.63) is 11.6 Å². The van der Waals surface area contributed by atoms with Crippen LogP contribution in [0, 0.1) is 5.92 Å². The van der Waals surface area contributed by atoms with Crippen LogP contribution in [0.2, 0.25) is 0 Å². The van der Waals surface area contributed by atoms with Crippen molar-refractivity contribution >= 4 is 0 Å². The molecule has 1 unspecified atom stereocenters. The quantitative estimate of drug-likeness (QED) is 0.791. The molecule has 1 saturated heterocycles. The lowest BCUT2D eigenvalue weighted by Gasteiger charge is -2.21. The molecule has 1 fully saturated rings. The van der Waals surface area contributed by atoms with Crippen LogP contribution in [-0.2, 0) is 6.42 Å². The monoisotopic (exact) mass is 208 g/mol. The standard InChI is InChI=1S/C11H20N4/c1-8(2)11-13-10(14-15-11)6-9-4-3-5-12-7-9/h8-9,12H,3-7H2,1-2H3,(H,13,14,15). The van der Waals surface area contributed by atoms with Crippen LogP contribution in [0.5, 0.6) is 0 Å². The van der Waals surface area contributed by atoms with Gasteiger partial charge < -0.3 is 5.32 Å². The average molecular weight is 208 g/mol. The van der Waals surface area contributed by atoms with Gasteiger partial charge in [-0.3, -0.25) is 5.10 Å². The smallest absolute Gasteiger partial charge is 0.153 e. The zero-order valence-corrected chi connectivity index (χ0v) is 9.58. The summed E-state index contributed by atoms with van der Waals surface area (Å²) in [5.74, 6) is 3.13. The molecule has 0 bridgehead atoms. The summed E-state index contributed by atoms with van der Waals surface area (Å²) < 4.78 is 0. The van der Waals surface area contributed by atoms with E-state index in [1.165, 1.54) is 19.4 Å². The topological polar surface area (TPSA) is 53.6 Å². The molecule has 0 spiro atoms. The summed E-state index contributed by atoms with van der Waals surface area (Å²) in [5, 5.41) is 10.7. The summed E-state index contributed by atoms with van der Waals surface area (Å²) in [6.07, 6.45) is 3.63. The highest BCUT2D eigenvalue weighted by atomic mass is 15.2. The number of hydrogen-bond acceptors (Lipinski definition) is 3. The van der Waals surface area contributed by atoms with Crippen LogP contribution < -0.4 is 5.32 Å². The molecular weight excluding hydrogens is 188 g/mol. The first-order chi connectivity index (χ1) is 7.25. The summed E-state index contributed by atoms with van der Waals surface area (Å²) in [6, 6.07) is 0. The molecule has 2 heterocycles. The predicted octanol–water partition coefficient (Wildman–Crippen LogP) is 1.47. The Balaban J connectivity index is 1.91. The minimum Gasteiger partial charge on any atom is -0.316 e. The average Bonchev–Trinajstić information content (AvgIpc) is 2.68. The Bertz CT molecular complexity index is 299. The second-order valence-electron chi connectivity index (χ2n) is 4.71. The number of hydrogen-bond donors (Lipinski definition) is 2. The van der Waals surface area contributed by atoms with Crippen molar-refractivity contribution in [3.63, 3.8) is 0 Å². The van der Waals surface area contributed by atoms with Crippen molar-refractivity contribution in [1.82, 2.24) is 20.5 Å². The van der Waals surface area contributed by atoms with E-state index in [9.17, 15) is 0 Å². The van der Waals surface area contributed by atoms with E-state index in [1.54, 1.807) is 0 Å². The molecule has 1 aromatic rings. The van der Waals surface area contributed by atoms with Crippen molar-refractivity contribution in [2.75, 3.05) is 13.1 Å². The number of piperidine rings is 1. The number of aromatic nitrogens is 3. The van der Waals surface area contributed by atoms with Crippen LogP contribution in [0.4, 0.5) is 0 Å². The van der Waals surface area contributed by atoms with Crippen LogP contribution in [0.15, 0.2) is 0 Å². The Kier molecular flexibility index (Phi) is 3.36. The molecule has 0 saturated carbocycles. The van der Waals surface area contributed by atoms with Crippen molar-refractivity contribution in [1.29, 1.82) is 0 Å². The molecule has 1 aliphatic rings. The van der Waals surface area contributed by atoms with Gasteiger partial charge in [0.1, 0.15) is 5.82 Å². The van der Waals surface area contributed by atoms with E-state index >= 15 is 0 Å². The second-order valence-corrected chi connectivity index (χ2v) is 4.71. The molecule has 0 aliphatic carbocycles. The Morgan fingerprint density at radius 2 is 2.33 bits per heavy atom. The summed E-state index contributed by atoms with van der Waals surface area (Å²) in [6.45, 7) is 6.53. The van der Waals surface area contributed by atoms with Gasteiger partial charge in [-0.25, -0.2) is 4.98 Å². The fraction of sp³-hybridized carbons (Fsp3) is 0.818. The van der Waals surface area contributed by atoms with Crippen molar-refractivity contribution < 1.29 is 0 Å². The third-order valence-corrected chi connectivity index (χ3v) is 2.95. The van der Waals surface area contributed by atoms with Gasteiger partial charge >= 0.3 is 0 Å². The van der Waals surface area contributed by atoms with Crippen LogP contribution >= 0.6 is 0 Å². The van der Waals surface area contributed by atoms with E-state index < -0.39 is 0 Å². The predicted molar refractivity (Wildman–Crippen MR) is 59.8 cm³/mol. The Labute approximate surface area is 90.9 Å². The lowest BCUT2D eigenvalue weighted by Crippen LogP contribution is -2.31. The minimum absolute atomic E-state index is 0.416. The Morgan fingerprint density at radius 3 is 2.93 bits per heavy atom. The molecule has 0 amide bonds. The molecule has 4 nitrogen and oxygen atoms in total. The molecule has 1 aliphatic heterocycles. The number of H-pyrrole nitrogens is 1. The van der Waals surface area contributed by atoms with Gasteiger partial charge in [-0.05, 0) is 31.8 Å². The third-order valence-electron chi connectivity index (χ3n) is 2.95. The van der Waals surface area contributed by atoms with E-state index in [0.29, 0.717) is 5.92 Å². The first-order valence-corrected chi connectivity index (χ1v) is 5.87. The normalized spacial score (nSPS) is 22.2. The van der Waals surface area contributed by atoms with Crippen molar-refractivity contribution in [2.24, 2.45) is 5.92 Å². The maximum Gasteiger partial charge on any atom is 0.153 e. The molecule has 1 aromatic heterocycles. The number of aromatic amines is 1. The van der Waals surface area contributed by atoms with Crippen LogP contribution in [0.1, 0.15) is 44.3 Å². The first-order valence-electron chi connectivity index (χ1n) is 5.87. The summed E-state index contributed by atoms with van der Waals surface area (Å²) in [5.41, 5.74) is 0. The zero-order valence-electron chi connectivity index (χ0n) is 9.58. The SMILES string of the molecule is CC(C)c1n[nH]c(CC2CCCNC2)n1. The van der Waals surface area contributed by atoms with E-state index in [4.69, 9.17) is 0 Å². The third kappa shape index (κ3) is 2.78. The molecule has 2 N–H and O–H groups in total. The molecule has 0 radical (unpaired) electrons. The van der Waals surface area contributed by atoms with Gasteiger partial charge in [0.2, 0.25) is 0 Å². The lowest BCUT2D eigenvalue weighted by molar-refractivity contribution is 0.371. The van der Waals surface area contributed by atoms with Gasteiger partial charge in [-0.2, -0.15) is 5.10 Å². The maximum atomic E-state index is 4.51. The van der Waals surface area contributed by atoms with Crippen molar-refractivity contribution in [2.45, 2.75) is 39.0 Å². The van der Waals surface area contributed by atoms with Crippen LogP contribution in [0.3, 0.4) is 0 Å². The largest absolute Gasteiger partial charge is 0.316 e. The Hall–Kier alpha value is -0.900. The highest BCUT2D eigenvalue weighted by molar-refractivity contribution is 4.96. The van der Waals surface area contributed by atoms with Gasteiger partial charge in [0.25, 0.3) is 0 Å². The first kappa shape index (κ1) is 10.6. The number of rotatable bonds is 3. The molecule has 84 valence electrons. The molecular formula is C11H20N4. The number of nitrogens with one attached hydrogen (secondary N) is 2. The zero-order chi connectivity index (χ0) is 10.7. The molecule has 2 rings (SSSR count). The van der Waals surface area contributed by atoms with E-state index in [2.05, 4.69) is 34.3 Å². The molecule has 4 heteroatoms. The van der Waals surface area contributed by atoms with E-state index in [-0.39, 0.29) is 0 Å². The highest BCUT2D eigenvalue weighted by Gasteiger charge is 2.16. The Morgan fingerprint density at radius 1 is 1.47 bits per heavy atom. The second kappa shape index (κ2) is 4.75.